The van der Waals surface area contributed by atoms with E-state index in [9.17, 15) is 13.2 Å². The number of benzene rings is 1. The zero-order valence-electron chi connectivity index (χ0n) is 26.5. The van der Waals surface area contributed by atoms with Crippen molar-refractivity contribution in [2.45, 2.75) is 89.8 Å². The Morgan fingerprint density at radius 3 is 2.37 bits per heavy atom. The second-order valence-electron chi connectivity index (χ2n) is 14.1. The Hall–Kier alpha value is -3.46. The molecule has 2 aliphatic rings. The minimum atomic E-state index is -4.27. The number of sulfonamides is 1. The highest BCUT2D eigenvalue weighted by molar-refractivity contribution is 7.90. The number of hydrogen-bond donors (Lipinski definition) is 1. The molecule has 1 saturated heterocycles. The number of amides is 1. The third kappa shape index (κ3) is 6.56. The van der Waals surface area contributed by atoms with Gasteiger partial charge >= 0.3 is 0 Å². The number of nitrogens with one attached hydrogen (secondary N) is 1. The van der Waals surface area contributed by atoms with E-state index in [1.807, 2.05) is 18.2 Å². The van der Waals surface area contributed by atoms with Crippen LogP contribution in [-0.4, -0.2) is 42.9 Å². The van der Waals surface area contributed by atoms with E-state index in [-0.39, 0.29) is 27.6 Å². The summed E-state index contributed by atoms with van der Waals surface area (Å²) in [5, 5.41) is -0.184. The zero-order valence-corrected chi connectivity index (χ0v) is 27.3. The molecule has 9 heteroatoms. The van der Waals surface area contributed by atoms with Crippen LogP contribution < -0.4 is 14.5 Å². The Kier molecular flexibility index (Phi) is 8.33. The van der Waals surface area contributed by atoms with Crippen LogP contribution in [0.2, 0.25) is 0 Å². The van der Waals surface area contributed by atoms with E-state index in [4.69, 9.17) is 4.98 Å². The highest BCUT2D eigenvalue weighted by Crippen LogP contribution is 2.42. The smallest absolute Gasteiger partial charge is 0.281 e. The number of carbonyl (C=O) groups excluding carboxylic acids is 1. The molecule has 230 valence electrons. The summed E-state index contributed by atoms with van der Waals surface area (Å²) >= 11 is 0. The summed E-state index contributed by atoms with van der Waals surface area (Å²) in [4.78, 5) is 27.9. The minimum absolute atomic E-state index is 0.00356. The lowest BCUT2D eigenvalue weighted by Crippen LogP contribution is -2.41. The maximum absolute atomic E-state index is 13.8. The summed E-state index contributed by atoms with van der Waals surface area (Å²) in [6, 6.07) is 19.0. The minimum Gasteiger partial charge on any atom is -0.351 e. The predicted molar refractivity (Wildman–Crippen MR) is 172 cm³/mol. The summed E-state index contributed by atoms with van der Waals surface area (Å²) in [5.41, 5.74) is 1.75. The first-order valence-corrected chi connectivity index (χ1v) is 16.8. The molecule has 2 aromatic heterocycles. The standard InChI is InChI=1S/C34H45N5O3S/c1-23(2)21-38-27(25-12-9-8-10-13-25)18-16-24-20-34(6,7)39(22-24)31-26(17-19-28(35-31)33(3,4)5)32(40)37-43(41,42)30-15-11-14-29(38)36-30/h8-15,17,19,23-24,27H,16,18,20-22H2,1-7H3,(H,37,40)/t24-,27?/m0/s1. The average molecular weight is 604 g/mol. The van der Waals surface area contributed by atoms with Crippen molar-refractivity contribution >= 4 is 27.6 Å². The van der Waals surface area contributed by atoms with E-state index in [1.54, 1.807) is 12.1 Å². The van der Waals surface area contributed by atoms with Crippen molar-refractivity contribution in [1.82, 2.24) is 14.7 Å². The molecule has 1 N–H and O–H groups in total. The second kappa shape index (κ2) is 11.6. The van der Waals surface area contributed by atoms with E-state index in [2.05, 4.69) is 92.2 Å². The molecule has 1 aromatic carbocycles. The Balaban J connectivity index is 1.68. The first kappa shape index (κ1) is 31.0. The average Bonchev–Trinajstić information content (AvgIpc) is 3.25. The van der Waals surface area contributed by atoms with Crippen molar-refractivity contribution in [3.8, 4) is 0 Å². The number of nitrogens with zero attached hydrogens (tertiary/aromatic N) is 4. The molecule has 0 spiro atoms. The quantitative estimate of drug-likeness (QED) is 0.365. The Bertz CT molecular complexity index is 1580. The molecule has 2 atom stereocenters. The SMILES string of the molecule is CC(C)CN1c2cccc(n2)S(=O)(=O)NC(=O)c2ccc(C(C)(C)C)nc2N2C[C@@H](CCC1c1ccccc1)CC2(C)C. The van der Waals surface area contributed by atoms with Gasteiger partial charge in [-0.3, -0.25) is 4.79 Å². The number of rotatable bonds is 3. The van der Waals surface area contributed by atoms with Gasteiger partial charge in [-0.05, 0) is 74.8 Å². The van der Waals surface area contributed by atoms with Gasteiger partial charge in [-0.1, -0.05) is 71.0 Å². The van der Waals surface area contributed by atoms with Crippen molar-refractivity contribution in [2.24, 2.45) is 11.8 Å². The fourth-order valence-electron chi connectivity index (χ4n) is 6.49. The fourth-order valence-corrected chi connectivity index (χ4v) is 7.42. The first-order valence-electron chi connectivity index (χ1n) is 15.3. The van der Waals surface area contributed by atoms with Crippen molar-refractivity contribution in [3.05, 3.63) is 77.5 Å². The molecule has 1 amide bonds. The zero-order chi connectivity index (χ0) is 31.2. The molecule has 43 heavy (non-hydrogen) atoms. The van der Waals surface area contributed by atoms with Gasteiger partial charge in [0, 0.05) is 29.7 Å². The number of aromatic nitrogens is 2. The summed E-state index contributed by atoms with van der Waals surface area (Å²) < 4.78 is 29.7. The predicted octanol–water partition coefficient (Wildman–Crippen LogP) is 6.50. The van der Waals surface area contributed by atoms with Crippen molar-refractivity contribution < 1.29 is 13.2 Å². The van der Waals surface area contributed by atoms with Gasteiger partial charge < -0.3 is 9.80 Å². The maximum atomic E-state index is 13.8. The van der Waals surface area contributed by atoms with Crippen LogP contribution in [0, 0.1) is 11.8 Å². The van der Waals surface area contributed by atoms with Crippen LogP contribution >= 0.6 is 0 Å². The molecule has 3 aromatic rings. The molecule has 8 nitrogen and oxygen atoms in total. The lowest BCUT2D eigenvalue weighted by molar-refractivity contribution is 0.0981. The molecule has 4 bridgehead atoms. The van der Waals surface area contributed by atoms with Crippen LogP contribution in [0.15, 0.2) is 65.7 Å². The van der Waals surface area contributed by atoms with Crippen LogP contribution in [0.5, 0.6) is 0 Å². The van der Waals surface area contributed by atoms with Gasteiger partial charge in [-0.2, -0.15) is 8.42 Å². The number of anilines is 2. The number of carbonyl (C=O) groups is 1. The summed E-state index contributed by atoms with van der Waals surface area (Å²) in [7, 11) is -4.27. The Morgan fingerprint density at radius 1 is 0.977 bits per heavy atom. The van der Waals surface area contributed by atoms with Gasteiger partial charge in [0.1, 0.15) is 11.6 Å². The third-order valence-electron chi connectivity index (χ3n) is 8.58. The van der Waals surface area contributed by atoms with Crippen LogP contribution in [0.1, 0.15) is 95.4 Å². The fraction of sp³-hybridized carbons (Fsp3) is 0.500. The monoisotopic (exact) mass is 603 g/mol. The maximum Gasteiger partial charge on any atom is 0.281 e. The van der Waals surface area contributed by atoms with Crippen molar-refractivity contribution in [1.29, 1.82) is 0 Å². The third-order valence-corrected chi connectivity index (χ3v) is 9.81. The van der Waals surface area contributed by atoms with Gasteiger partial charge in [0.15, 0.2) is 5.03 Å². The van der Waals surface area contributed by atoms with E-state index in [1.165, 1.54) is 11.6 Å². The number of pyridine rings is 2. The lowest BCUT2D eigenvalue weighted by atomic mass is 9.89. The second-order valence-corrected chi connectivity index (χ2v) is 15.8. The summed E-state index contributed by atoms with van der Waals surface area (Å²) in [6.07, 6.45) is 2.78. The first-order chi connectivity index (χ1) is 20.2. The van der Waals surface area contributed by atoms with Crippen molar-refractivity contribution in [2.75, 3.05) is 22.9 Å². The largest absolute Gasteiger partial charge is 0.351 e. The van der Waals surface area contributed by atoms with Gasteiger partial charge in [-0.15, -0.1) is 0 Å². The van der Waals surface area contributed by atoms with Crippen LogP contribution in [-0.2, 0) is 15.4 Å². The van der Waals surface area contributed by atoms with Crippen LogP contribution in [0.4, 0.5) is 11.6 Å². The van der Waals surface area contributed by atoms with E-state index < -0.39 is 15.9 Å². The highest BCUT2D eigenvalue weighted by atomic mass is 32.2. The van der Waals surface area contributed by atoms with Gasteiger partial charge in [-0.25, -0.2) is 14.7 Å². The molecule has 4 heterocycles. The molecular formula is C34H45N5O3S. The van der Waals surface area contributed by atoms with E-state index in [0.29, 0.717) is 30.0 Å². The summed E-state index contributed by atoms with van der Waals surface area (Å²) in [6.45, 7) is 16.4. The topological polar surface area (TPSA) is 95.5 Å². The van der Waals surface area contributed by atoms with Crippen LogP contribution in [0.3, 0.4) is 0 Å². The molecule has 1 unspecified atom stereocenters. The molecule has 5 rings (SSSR count). The Labute approximate surface area is 257 Å². The molecule has 0 aliphatic carbocycles. The van der Waals surface area contributed by atoms with E-state index >= 15 is 0 Å². The molecule has 0 radical (unpaired) electrons. The van der Waals surface area contributed by atoms with Gasteiger partial charge in [0.25, 0.3) is 15.9 Å². The van der Waals surface area contributed by atoms with Crippen molar-refractivity contribution in [3.63, 3.8) is 0 Å². The molecule has 0 saturated carbocycles. The summed E-state index contributed by atoms with van der Waals surface area (Å²) in [5.74, 6) is 1.09. The van der Waals surface area contributed by atoms with Gasteiger partial charge in [0.2, 0.25) is 0 Å². The molecule has 2 aliphatic heterocycles. The number of fused-ring (bicyclic) bond motifs is 6. The van der Waals surface area contributed by atoms with E-state index in [0.717, 1.165) is 31.5 Å². The normalized spacial score (nSPS) is 22.0. The van der Waals surface area contributed by atoms with Gasteiger partial charge in [0.05, 0.1) is 11.6 Å². The Morgan fingerprint density at radius 2 is 1.70 bits per heavy atom. The number of hydrogen-bond acceptors (Lipinski definition) is 7. The molecular weight excluding hydrogens is 558 g/mol. The van der Waals surface area contributed by atoms with Crippen LogP contribution in [0.25, 0.3) is 0 Å². The highest BCUT2D eigenvalue weighted by Gasteiger charge is 2.42. The lowest BCUT2D eigenvalue weighted by Gasteiger charge is -2.35. The molecule has 1 fully saturated rings.